The number of nitrogens with one attached hydrogen (secondary N) is 1. The first kappa shape index (κ1) is 19.9. The number of hydrogen-bond acceptors (Lipinski definition) is 5. The molecule has 0 radical (unpaired) electrons. The van der Waals surface area contributed by atoms with Crippen molar-refractivity contribution in [2.45, 2.75) is 12.8 Å². The predicted molar refractivity (Wildman–Crippen MR) is 104 cm³/mol. The van der Waals surface area contributed by atoms with Gasteiger partial charge in [0, 0.05) is 24.0 Å². The second-order valence-electron chi connectivity index (χ2n) is 7.18. The molecule has 1 aliphatic heterocycles. The molecule has 1 unspecified atom stereocenters. The van der Waals surface area contributed by atoms with Crippen LogP contribution in [0.5, 0.6) is 0 Å². The maximum absolute atomic E-state index is 13.4. The molecule has 1 saturated heterocycles. The number of likely N-dealkylation sites (tertiary alicyclic amines) is 1. The number of benzene rings is 1. The highest BCUT2D eigenvalue weighted by atomic mass is 32.1. The number of halogens is 2. The number of nitrogens with zero attached hydrogens (tertiary/aromatic N) is 3. The van der Waals surface area contributed by atoms with Gasteiger partial charge in [-0.1, -0.05) is 0 Å². The quantitative estimate of drug-likeness (QED) is 0.817. The Hall–Kier alpha value is -1.90. The van der Waals surface area contributed by atoms with E-state index in [1.807, 2.05) is 11.9 Å². The summed E-state index contributed by atoms with van der Waals surface area (Å²) in [6.07, 6.45) is 2.40. The summed E-state index contributed by atoms with van der Waals surface area (Å²) >= 11 is 1.26. The van der Waals surface area contributed by atoms with Crippen LogP contribution in [-0.4, -0.2) is 61.0 Å². The van der Waals surface area contributed by atoms with E-state index in [9.17, 15) is 13.6 Å². The Bertz CT molecular complexity index is 798. The average Bonchev–Trinajstić information content (AvgIpc) is 3.05. The number of anilines is 1. The first-order chi connectivity index (χ1) is 12.9. The van der Waals surface area contributed by atoms with E-state index in [0.717, 1.165) is 31.8 Å². The molecule has 1 N–H and O–H groups in total. The van der Waals surface area contributed by atoms with Gasteiger partial charge >= 0.3 is 0 Å². The summed E-state index contributed by atoms with van der Waals surface area (Å²) in [5.74, 6) is -1.36. The topological polar surface area (TPSA) is 48.5 Å². The first-order valence-electron chi connectivity index (χ1n) is 8.98. The van der Waals surface area contributed by atoms with Crippen molar-refractivity contribution in [1.29, 1.82) is 0 Å². The predicted octanol–water partition coefficient (Wildman–Crippen LogP) is 3.30. The summed E-state index contributed by atoms with van der Waals surface area (Å²) in [7, 11) is 4.08. The summed E-state index contributed by atoms with van der Waals surface area (Å²) < 4.78 is 26.4. The highest BCUT2D eigenvalue weighted by molar-refractivity contribution is 7.14. The Labute approximate surface area is 162 Å². The Kier molecular flexibility index (Phi) is 6.51. The van der Waals surface area contributed by atoms with Crippen LogP contribution in [0.1, 0.15) is 12.8 Å². The van der Waals surface area contributed by atoms with Crippen molar-refractivity contribution in [3.05, 3.63) is 35.2 Å². The lowest BCUT2D eigenvalue weighted by Crippen LogP contribution is -2.40. The molecule has 1 fully saturated rings. The minimum Gasteiger partial charge on any atom is -0.306 e. The molecule has 0 bridgehead atoms. The molecule has 2 aromatic rings. The largest absolute Gasteiger partial charge is 0.306 e. The van der Waals surface area contributed by atoms with Crippen LogP contribution in [0.4, 0.5) is 13.9 Å². The van der Waals surface area contributed by atoms with E-state index in [1.54, 1.807) is 5.38 Å². The first-order valence-corrected chi connectivity index (χ1v) is 9.86. The molecule has 3 rings (SSSR count). The third-order valence-corrected chi connectivity index (χ3v) is 5.43. The van der Waals surface area contributed by atoms with Crippen molar-refractivity contribution in [2.75, 3.05) is 45.6 Å². The van der Waals surface area contributed by atoms with Gasteiger partial charge in [-0.05, 0) is 57.6 Å². The van der Waals surface area contributed by atoms with Gasteiger partial charge in [0.05, 0.1) is 12.2 Å². The Morgan fingerprint density at radius 1 is 1.41 bits per heavy atom. The SMILES string of the molecule is CN1CCCC(CN(C)CC(=O)Nc2nc(-c3ccc(F)c(F)c3)cs2)C1. The molecule has 27 heavy (non-hydrogen) atoms. The molecular formula is C19H24F2N4OS. The van der Waals surface area contributed by atoms with Gasteiger partial charge in [0.2, 0.25) is 5.91 Å². The third-order valence-electron chi connectivity index (χ3n) is 4.67. The molecule has 0 saturated carbocycles. The van der Waals surface area contributed by atoms with E-state index in [1.165, 1.54) is 30.2 Å². The Morgan fingerprint density at radius 2 is 2.22 bits per heavy atom. The number of likely N-dealkylation sites (N-methyl/N-ethyl adjacent to an activating group) is 1. The van der Waals surface area contributed by atoms with Gasteiger partial charge in [-0.2, -0.15) is 0 Å². The molecule has 0 aliphatic carbocycles. The summed E-state index contributed by atoms with van der Waals surface area (Å²) in [5, 5.41) is 4.95. The van der Waals surface area contributed by atoms with Crippen LogP contribution in [0.15, 0.2) is 23.6 Å². The average molecular weight is 394 g/mol. The molecule has 1 atom stereocenters. The zero-order chi connectivity index (χ0) is 19.4. The van der Waals surface area contributed by atoms with Gasteiger partial charge < -0.3 is 10.2 Å². The number of hydrogen-bond donors (Lipinski definition) is 1. The number of rotatable bonds is 6. The van der Waals surface area contributed by atoms with E-state index < -0.39 is 11.6 Å². The van der Waals surface area contributed by atoms with Crippen molar-refractivity contribution < 1.29 is 13.6 Å². The van der Waals surface area contributed by atoms with E-state index >= 15 is 0 Å². The zero-order valence-electron chi connectivity index (χ0n) is 15.5. The van der Waals surface area contributed by atoms with Crippen LogP contribution in [-0.2, 0) is 4.79 Å². The van der Waals surface area contributed by atoms with Crippen molar-refractivity contribution >= 4 is 22.4 Å². The molecule has 2 heterocycles. The van der Waals surface area contributed by atoms with Crippen LogP contribution in [0.3, 0.4) is 0 Å². The third kappa shape index (κ3) is 5.54. The van der Waals surface area contributed by atoms with Crippen molar-refractivity contribution in [3.8, 4) is 11.3 Å². The maximum Gasteiger partial charge on any atom is 0.240 e. The van der Waals surface area contributed by atoms with Crippen LogP contribution in [0.2, 0.25) is 0 Å². The van der Waals surface area contributed by atoms with Crippen LogP contribution < -0.4 is 5.32 Å². The monoisotopic (exact) mass is 394 g/mol. The van der Waals surface area contributed by atoms with Gasteiger partial charge in [-0.25, -0.2) is 13.8 Å². The number of amides is 1. The lowest BCUT2D eigenvalue weighted by molar-refractivity contribution is -0.117. The summed E-state index contributed by atoms with van der Waals surface area (Å²) in [6.45, 7) is 3.39. The highest BCUT2D eigenvalue weighted by Crippen LogP contribution is 2.26. The number of carbonyl (C=O) groups excluding carboxylic acids is 1. The summed E-state index contributed by atoms with van der Waals surface area (Å²) in [4.78, 5) is 20.9. The number of piperidine rings is 1. The zero-order valence-corrected chi connectivity index (χ0v) is 16.4. The smallest absolute Gasteiger partial charge is 0.240 e. The standard InChI is InChI=1S/C19H24F2N4OS/c1-24-7-3-4-13(9-24)10-25(2)11-18(26)23-19-22-17(12-27-19)14-5-6-15(20)16(21)8-14/h5-6,8,12-13H,3-4,7,9-11H2,1-2H3,(H,22,23,26). The van der Waals surface area contributed by atoms with Crippen LogP contribution in [0, 0.1) is 17.6 Å². The Balaban J connectivity index is 1.52. The van der Waals surface area contributed by atoms with Crippen molar-refractivity contribution in [1.82, 2.24) is 14.8 Å². The molecule has 1 aromatic carbocycles. The molecule has 1 aromatic heterocycles. The van der Waals surface area contributed by atoms with Crippen molar-refractivity contribution in [2.24, 2.45) is 5.92 Å². The second kappa shape index (κ2) is 8.86. The van der Waals surface area contributed by atoms with E-state index in [0.29, 0.717) is 28.9 Å². The summed E-state index contributed by atoms with van der Waals surface area (Å²) in [6, 6.07) is 3.64. The number of carbonyl (C=O) groups is 1. The van der Waals surface area contributed by atoms with Gasteiger partial charge in [0.25, 0.3) is 0 Å². The molecule has 8 heteroatoms. The lowest BCUT2D eigenvalue weighted by atomic mass is 9.98. The molecule has 5 nitrogen and oxygen atoms in total. The van der Waals surface area contributed by atoms with Gasteiger partial charge in [0.15, 0.2) is 16.8 Å². The maximum atomic E-state index is 13.4. The van der Waals surface area contributed by atoms with Gasteiger partial charge in [-0.15, -0.1) is 11.3 Å². The fraction of sp³-hybridized carbons (Fsp3) is 0.474. The molecular weight excluding hydrogens is 370 g/mol. The van der Waals surface area contributed by atoms with Crippen molar-refractivity contribution in [3.63, 3.8) is 0 Å². The molecule has 146 valence electrons. The number of aromatic nitrogens is 1. The molecule has 1 aliphatic rings. The second-order valence-corrected chi connectivity index (χ2v) is 8.04. The van der Waals surface area contributed by atoms with E-state index in [4.69, 9.17) is 0 Å². The van der Waals surface area contributed by atoms with Crippen LogP contribution in [0.25, 0.3) is 11.3 Å². The highest BCUT2D eigenvalue weighted by Gasteiger charge is 2.20. The van der Waals surface area contributed by atoms with E-state index in [-0.39, 0.29) is 5.91 Å². The minimum atomic E-state index is -0.916. The Morgan fingerprint density at radius 3 is 2.96 bits per heavy atom. The van der Waals surface area contributed by atoms with Crippen LogP contribution >= 0.6 is 11.3 Å². The summed E-state index contributed by atoms with van der Waals surface area (Å²) in [5.41, 5.74) is 0.983. The van der Waals surface area contributed by atoms with Gasteiger partial charge in [-0.3, -0.25) is 9.69 Å². The van der Waals surface area contributed by atoms with E-state index in [2.05, 4.69) is 22.2 Å². The normalized spacial score (nSPS) is 18.0. The number of thiazole rings is 1. The fourth-order valence-corrected chi connectivity index (χ4v) is 4.19. The molecule has 1 amide bonds. The molecule has 0 spiro atoms. The fourth-order valence-electron chi connectivity index (χ4n) is 3.45. The lowest BCUT2D eigenvalue weighted by Gasteiger charge is -2.32. The van der Waals surface area contributed by atoms with Gasteiger partial charge in [0.1, 0.15) is 0 Å². The minimum absolute atomic E-state index is 0.132.